The van der Waals surface area contributed by atoms with Crippen LogP contribution in [0.3, 0.4) is 0 Å². The SMILES string of the molecule is COC(=O)CN(C)C1CCCCCC1O. The van der Waals surface area contributed by atoms with E-state index in [4.69, 9.17) is 0 Å². The molecule has 0 aromatic carbocycles. The fourth-order valence-corrected chi connectivity index (χ4v) is 2.17. The van der Waals surface area contributed by atoms with E-state index < -0.39 is 0 Å². The molecule has 0 amide bonds. The van der Waals surface area contributed by atoms with Crippen LogP contribution in [0.25, 0.3) is 0 Å². The number of carbonyl (C=O) groups is 1. The van der Waals surface area contributed by atoms with E-state index in [0.717, 1.165) is 25.7 Å². The quantitative estimate of drug-likeness (QED) is 0.558. The number of aliphatic hydroxyl groups is 1. The summed E-state index contributed by atoms with van der Waals surface area (Å²) in [6.07, 6.45) is 4.91. The van der Waals surface area contributed by atoms with Crippen molar-refractivity contribution in [3.63, 3.8) is 0 Å². The molecule has 0 radical (unpaired) electrons. The number of hydrogen-bond acceptors (Lipinski definition) is 4. The van der Waals surface area contributed by atoms with Crippen molar-refractivity contribution in [1.82, 2.24) is 4.90 Å². The maximum absolute atomic E-state index is 11.1. The summed E-state index contributed by atoms with van der Waals surface area (Å²) in [5, 5.41) is 9.91. The number of carbonyl (C=O) groups excluding carboxylic acids is 1. The molecule has 1 aliphatic carbocycles. The van der Waals surface area contributed by atoms with Crippen LogP contribution in [-0.2, 0) is 9.53 Å². The highest BCUT2D eigenvalue weighted by atomic mass is 16.5. The molecule has 2 atom stereocenters. The first-order chi connectivity index (χ1) is 7.15. The van der Waals surface area contributed by atoms with Crippen LogP contribution in [0.5, 0.6) is 0 Å². The Bertz CT molecular complexity index is 208. The second kappa shape index (κ2) is 6.08. The van der Waals surface area contributed by atoms with Gasteiger partial charge in [-0.25, -0.2) is 0 Å². The van der Waals surface area contributed by atoms with Crippen LogP contribution in [0, 0.1) is 0 Å². The van der Waals surface area contributed by atoms with Crippen molar-refractivity contribution in [2.75, 3.05) is 20.7 Å². The average Bonchev–Trinajstić information content (AvgIpc) is 2.42. The Hall–Kier alpha value is -0.610. The van der Waals surface area contributed by atoms with Crippen molar-refractivity contribution >= 4 is 5.97 Å². The normalized spacial score (nSPS) is 27.5. The van der Waals surface area contributed by atoms with Gasteiger partial charge in [-0.3, -0.25) is 9.69 Å². The van der Waals surface area contributed by atoms with Gasteiger partial charge in [-0.05, 0) is 19.9 Å². The highest BCUT2D eigenvalue weighted by Gasteiger charge is 2.26. The van der Waals surface area contributed by atoms with Gasteiger partial charge in [0.05, 0.1) is 19.8 Å². The lowest BCUT2D eigenvalue weighted by atomic mass is 10.0. The van der Waals surface area contributed by atoms with Gasteiger partial charge in [0.15, 0.2) is 0 Å². The van der Waals surface area contributed by atoms with Gasteiger partial charge in [-0.2, -0.15) is 0 Å². The topological polar surface area (TPSA) is 49.8 Å². The average molecular weight is 215 g/mol. The number of likely N-dealkylation sites (N-methyl/N-ethyl adjacent to an activating group) is 1. The highest BCUT2D eigenvalue weighted by molar-refractivity contribution is 5.71. The van der Waals surface area contributed by atoms with Gasteiger partial charge in [0, 0.05) is 6.04 Å². The molecule has 2 unspecified atom stereocenters. The summed E-state index contributed by atoms with van der Waals surface area (Å²) in [6.45, 7) is 0.262. The van der Waals surface area contributed by atoms with Crippen LogP contribution in [0.1, 0.15) is 32.1 Å². The zero-order chi connectivity index (χ0) is 11.3. The van der Waals surface area contributed by atoms with Crippen LogP contribution in [0.15, 0.2) is 0 Å². The molecule has 15 heavy (non-hydrogen) atoms. The predicted octanol–water partition coefficient (Wildman–Crippen LogP) is 0.785. The molecule has 0 bridgehead atoms. The predicted molar refractivity (Wildman–Crippen MR) is 57.5 cm³/mol. The minimum Gasteiger partial charge on any atom is -0.468 e. The van der Waals surface area contributed by atoms with Crippen molar-refractivity contribution in [1.29, 1.82) is 0 Å². The zero-order valence-electron chi connectivity index (χ0n) is 9.61. The first-order valence-corrected chi connectivity index (χ1v) is 5.60. The molecule has 0 heterocycles. The monoisotopic (exact) mass is 215 g/mol. The standard InChI is InChI=1S/C11H21NO3/c1-12(8-11(14)15-2)9-6-4-3-5-7-10(9)13/h9-10,13H,3-8H2,1-2H3. The van der Waals surface area contributed by atoms with Crippen molar-refractivity contribution in [3.8, 4) is 0 Å². The summed E-state index contributed by atoms with van der Waals surface area (Å²) in [7, 11) is 3.26. The van der Waals surface area contributed by atoms with Gasteiger partial charge in [0.25, 0.3) is 0 Å². The Morgan fingerprint density at radius 3 is 2.73 bits per heavy atom. The third-order valence-electron chi connectivity index (χ3n) is 3.12. The summed E-state index contributed by atoms with van der Waals surface area (Å²) < 4.78 is 4.62. The Morgan fingerprint density at radius 1 is 1.40 bits per heavy atom. The summed E-state index contributed by atoms with van der Waals surface area (Å²) in [4.78, 5) is 13.0. The molecule has 0 aromatic rings. The molecule has 1 N–H and O–H groups in total. The van der Waals surface area contributed by atoms with Gasteiger partial charge < -0.3 is 9.84 Å². The van der Waals surface area contributed by atoms with Crippen LogP contribution >= 0.6 is 0 Å². The second-order valence-corrected chi connectivity index (χ2v) is 4.26. The maximum Gasteiger partial charge on any atom is 0.319 e. The van der Waals surface area contributed by atoms with E-state index in [1.807, 2.05) is 11.9 Å². The molecule has 88 valence electrons. The van der Waals surface area contributed by atoms with Gasteiger partial charge >= 0.3 is 5.97 Å². The first kappa shape index (κ1) is 12.5. The molecule has 1 aliphatic rings. The number of rotatable bonds is 3. The Labute approximate surface area is 91.2 Å². The molecular formula is C11H21NO3. The van der Waals surface area contributed by atoms with E-state index in [0.29, 0.717) is 0 Å². The summed E-state index contributed by atoms with van der Waals surface area (Å²) in [6, 6.07) is 0.103. The van der Waals surface area contributed by atoms with E-state index >= 15 is 0 Å². The van der Waals surface area contributed by atoms with E-state index in [2.05, 4.69) is 4.74 Å². The Balaban J connectivity index is 2.47. The fourth-order valence-electron chi connectivity index (χ4n) is 2.17. The fraction of sp³-hybridized carbons (Fsp3) is 0.909. The van der Waals surface area contributed by atoms with Crippen molar-refractivity contribution in [3.05, 3.63) is 0 Å². The summed E-state index contributed by atoms with van der Waals surface area (Å²) in [5.74, 6) is -0.242. The zero-order valence-corrected chi connectivity index (χ0v) is 9.61. The number of nitrogens with zero attached hydrogens (tertiary/aromatic N) is 1. The van der Waals surface area contributed by atoms with E-state index in [1.54, 1.807) is 0 Å². The van der Waals surface area contributed by atoms with E-state index in [1.165, 1.54) is 13.5 Å². The van der Waals surface area contributed by atoms with Crippen LogP contribution in [0.4, 0.5) is 0 Å². The van der Waals surface area contributed by atoms with E-state index in [-0.39, 0.29) is 24.7 Å². The minimum absolute atomic E-state index is 0.103. The number of ether oxygens (including phenoxy) is 1. The summed E-state index contributed by atoms with van der Waals surface area (Å²) >= 11 is 0. The lowest BCUT2D eigenvalue weighted by molar-refractivity contribution is -0.142. The van der Waals surface area contributed by atoms with Gasteiger partial charge in [-0.1, -0.05) is 19.3 Å². The molecule has 0 saturated heterocycles. The van der Waals surface area contributed by atoms with Crippen molar-refractivity contribution in [2.24, 2.45) is 0 Å². The number of aliphatic hydroxyl groups excluding tert-OH is 1. The minimum atomic E-state index is -0.304. The van der Waals surface area contributed by atoms with Crippen molar-refractivity contribution < 1.29 is 14.6 Å². The molecule has 0 aromatic heterocycles. The number of hydrogen-bond donors (Lipinski definition) is 1. The number of methoxy groups -OCH3 is 1. The first-order valence-electron chi connectivity index (χ1n) is 5.60. The molecule has 1 fully saturated rings. The number of esters is 1. The lowest BCUT2D eigenvalue weighted by Crippen LogP contribution is -2.43. The molecule has 1 saturated carbocycles. The molecule has 4 nitrogen and oxygen atoms in total. The molecular weight excluding hydrogens is 194 g/mol. The summed E-state index contributed by atoms with van der Waals surface area (Å²) in [5.41, 5.74) is 0. The highest BCUT2D eigenvalue weighted by Crippen LogP contribution is 2.21. The van der Waals surface area contributed by atoms with E-state index in [9.17, 15) is 9.90 Å². The maximum atomic E-state index is 11.1. The van der Waals surface area contributed by atoms with Gasteiger partial charge in [0.2, 0.25) is 0 Å². The van der Waals surface area contributed by atoms with Gasteiger partial charge in [0.1, 0.15) is 0 Å². The molecule has 1 rings (SSSR count). The largest absolute Gasteiger partial charge is 0.468 e. The molecule has 0 spiro atoms. The van der Waals surface area contributed by atoms with Crippen molar-refractivity contribution in [2.45, 2.75) is 44.2 Å². The molecule has 0 aliphatic heterocycles. The lowest BCUT2D eigenvalue weighted by Gasteiger charge is -2.29. The Kier molecular flexibility index (Phi) is 5.05. The van der Waals surface area contributed by atoms with Crippen LogP contribution in [-0.4, -0.2) is 48.8 Å². The second-order valence-electron chi connectivity index (χ2n) is 4.26. The Morgan fingerprint density at radius 2 is 2.07 bits per heavy atom. The van der Waals surface area contributed by atoms with Crippen LogP contribution in [0.2, 0.25) is 0 Å². The van der Waals surface area contributed by atoms with Crippen LogP contribution < -0.4 is 0 Å². The third-order valence-corrected chi connectivity index (χ3v) is 3.12. The smallest absolute Gasteiger partial charge is 0.319 e. The third kappa shape index (κ3) is 3.80. The molecule has 4 heteroatoms. The van der Waals surface area contributed by atoms with Gasteiger partial charge in [-0.15, -0.1) is 0 Å².